The van der Waals surface area contributed by atoms with Gasteiger partial charge in [0.05, 0.1) is 22.1 Å². The molecular weight excluding hydrogens is 508 g/mol. The highest BCUT2D eigenvalue weighted by molar-refractivity contribution is 7.10. The van der Waals surface area contributed by atoms with E-state index in [-0.39, 0.29) is 22.8 Å². The average Bonchev–Trinajstić information content (AvgIpc) is 3.53. The van der Waals surface area contributed by atoms with Crippen molar-refractivity contribution in [2.75, 3.05) is 6.54 Å². The van der Waals surface area contributed by atoms with Crippen LogP contribution in [0.5, 0.6) is 0 Å². The highest BCUT2D eigenvalue weighted by Gasteiger charge is 2.45. The number of carbonyl (C=O) groups is 1. The van der Waals surface area contributed by atoms with Crippen molar-refractivity contribution in [2.24, 2.45) is 10.9 Å². The first-order chi connectivity index (χ1) is 16.1. The molecular formula is C23H19Cl2F3N4OS. The number of halogens is 5. The molecule has 0 N–H and O–H groups in total. The summed E-state index contributed by atoms with van der Waals surface area (Å²) in [5, 5.41) is 6.36. The number of thiophene rings is 1. The van der Waals surface area contributed by atoms with Gasteiger partial charge in [0.15, 0.2) is 11.5 Å². The zero-order valence-electron chi connectivity index (χ0n) is 17.9. The summed E-state index contributed by atoms with van der Waals surface area (Å²) >= 11 is 13.9. The molecule has 2 aliphatic rings. The summed E-state index contributed by atoms with van der Waals surface area (Å²) in [6.07, 6.45) is -2.97. The molecule has 11 heteroatoms. The van der Waals surface area contributed by atoms with Crippen molar-refractivity contribution in [1.29, 1.82) is 0 Å². The van der Waals surface area contributed by atoms with Crippen molar-refractivity contribution in [3.63, 3.8) is 0 Å². The summed E-state index contributed by atoms with van der Waals surface area (Å²) < 4.78 is 41.7. The zero-order valence-corrected chi connectivity index (χ0v) is 20.2. The van der Waals surface area contributed by atoms with Gasteiger partial charge >= 0.3 is 6.18 Å². The first-order valence-electron chi connectivity index (χ1n) is 10.7. The number of hydrogen-bond acceptors (Lipinski definition) is 4. The van der Waals surface area contributed by atoms with Crippen LogP contribution in [0.2, 0.25) is 10.0 Å². The largest absolute Gasteiger partial charge is 0.435 e. The van der Waals surface area contributed by atoms with E-state index in [1.807, 2.05) is 22.4 Å². The second-order valence-corrected chi connectivity index (χ2v) is 10.2. The van der Waals surface area contributed by atoms with Crippen molar-refractivity contribution in [3.8, 4) is 0 Å². The lowest BCUT2D eigenvalue weighted by atomic mass is 9.87. The van der Waals surface area contributed by atoms with E-state index < -0.39 is 23.8 Å². The van der Waals surface area contributed by atoms with Crippen LogP contribution in [0.3, 0.4) is 0 Å². The zero-order chi connectivity index (χ0) is 24.2. The Labute approximate surface area is 207 Å². The third-order valence-corrected chi connectivity index (χ3v) is 8.00. The van der Waals surface area contributed by atoms with E-state index in [1.54, 1.807) is 36.5 Å². The van der Waals surface area contributed by atoms with Crippen LogP contribution in [-0.2, 0) is 11.0 Å². The fourth-order valence-electron chi connectivity index (χ4n) is 4.76. The van der Waals surface area contributed by atoms with E-state index in [0.29, 0.717) is 22.8 Å². The van der Waals surface area contributed by atoms with Gasteiger partial charge in [-0.25, -0.2) is 9.67 Å². The topological polar surface area (TPSA) is 50.5 Å². The third-order valence-electron chi connectivity index (χ3n) is 6.29. The number of rotatable bonds is 3. The monoisotopic (exact) mass is 526 g/mol. The molecule has 5 nitrogen and oxygen atoms in total. The van der Waals surface area contributed by atoms with Gasteiger partial charge in [0.25, 0.3) is 0 Å². The van der Waals surface area contributed by atoms with Gasteiger partial charge in [-0.15, -0.1) is 11.3 Å². The van der Waals surface area contributed by atoms with Gasteiger partial charge in [-0.3, -0.25) is 4.79 Å². The van der Waals surface area contributed by atoms with Crippen LogP contribution in [0.4, 0.5) is 19.0 Å². The maximum atomic E-state index is 14.0. The molecule has 3 unspecified atom stereocenters. The van der Waals surface area contributed by atoms with Crippen LogP contribution in [0.1, 0.15) is 48.0 Å². The molecule has 1 aromatic carbocycles. The normalized spacial score (nSPS) is 22.6. The Morgan fingerprint density at radius 2 is 1.97 bits per heavy atom. The van der Waals surface area contributed by atoms with Crippen LogP contribution in [-0.4, -0.2) is 32.8 Å². The smallest absolute Gasteiger partial charge is 0.334 e. The summed E-state index contributed by atoms with van der Waals surface area (Å²) in [5.74, 6) is -0.990. The summed E-state index contributed by atoms with van der Waals surface area (Å²) in [4.78, 5) is 21.3. The molecule has 0 saturated carbocycles. The molecule has 4 heterocycles. The Morgan fingerprint density at radius 3 is 2.65 bits per heavy atom. The molecule has 3 aromatic rings. The second-order valence-electron chi connectivity index (χ2n) is 8.38. The molecule has 2 aromatic heterocycles. The van der Waals surface area contributed by atoms with E-state index in [2.05, 4.69) is 10.1 Å². The highest BCUT2D eigenvalue weighted by Crippen LogP contribution is 2.44. The number of alkyl halides is 3. The van der Waals surface area contributed by atoms with Crippen LogP contribution in [0.25, 0.3) is 0 Å². The summed E-state index contributed by atoms with van der Waals surface area (Å²) in [7, 11) is 0. The number of aliphatic imine (C=N–C) groups is 1. The number of aromatic nitrogens is 2. The van der Waals surface area contributed by atoms with Crippen molar-refractivity contribution < 1.29 is 18.0 Å². The quantitative estimate of drug-likeness (QED) is 0.370. The average molecular weight is 527 g/mol. The number of hydrogen-bond donors (Lipinski definition) is 0. The lowest BCUT2D eigenvalue weighted by Crippen LogP contribution is -2.44. The van der Waals surface area contributed by atoms with Gasteiger partial charge in [0, 0.05) is 23.2 Å². The van der Waals surface area contributed by atoms with Crippen molar-refractivity contribution in [2.45, 2.75) is 38.0 Å². The van der Waals surface area contributed by atoms with E-state index in [4.69, 9.17) is 23.2 Å². The molecule has 1 amide bonds. The van der Waals surface area contributed by atoms with Gasteiger partial charge in [-0.05, 0) is 48.9 Å². The molecule has 3 atom stereocenters. The van der Waals surface area contributed by atoms with Crippen LogP contribution >= 0.6 is 34.5 Å². The second kappa shape index (κ2) is 8.70. The molecule has 5 rings (SSSR count). The minimum Gasteiger partial charge on any atom is -0.334 e. The molecule has 0 radical (unpaired) electrons. The van der Waals surface area contributed by atoms with Crippen molar-refractivity contribution in [3.05, 3.63) is 68.0 Å². The Hall–Kier alpha value is -2.36. The predicted molar refractivity (Wildman–Crippen MR) is 126 cm³/mol. The van der Waals surface area contributed by atoms with Crippen LogP contribution in [0.15, 0.2) is 46.8 Å². The first kappa shape index (κ1) is 23.4. The Bertz CT molecular complexity index is 1270. The Kier molecular flexibility index (Phi) is 5.98. The van der Waals surface area contributed by atoms with Gasteiger partial charge < -0.3 is 4.90 Å². The SMILES string of the molecule is CC1=Nc2cc(C(F)(F)F)nn2C(c2ccc(Cl)c(Cl)c2)C1C(=O)N1CCCC1c1cccs1. The molecule has 1 fully saturated rings. The Balaban J connectivity index is 1.62. The minimum absolute atomic E-state index is 0.0428. The molecule has 34 heavy (non-hydrogen) atoms. The molecule has 0 bridgehead atoms. The Morgan fingerprint density at radius 1 is 1.18 bits per heavy atom. The standard InChI is InChI=1S/C23H19Cl2F3N4OS/c1-12-20(22(33)31-8-2-4-16(31)17-5-3-9-34-17)21(13-6-7-14(24)15(25)10-13)32-19(29-12)11-18(30-32)23(26,27)28/h3,5-7,9-11,16,20-21H,2,4,8H2,1H3. The van der Waals surface area contributed by atoms with Gasteiger partial charge in [0.1, 0.15) is 5.92 Å². The van der Waals surface area contributed by atoms with Crippen LogP contribution < -0.4 is 0 Å². The molecule has 0 aliphatic carbocycles. The minimum atomic E-state index is -4.64. The molecule has 1 saturated heterocycles. The number of benzene rings is 1. The molecule has 0 spiro atoms. The van der Waals surface area contributed by atoms with Crippen molar-refractivity contribution in [1.82, 2.24) is 14.7 Å². The van der Waals surface area contributed by atoms with Gasteiger partial charge in [-0.1, -0.05) is 35.3 Å². The lowest BCUT2D eigenvalue weighted by molar-refractivity contribution is -0.141. The summed E-state index contributed by atoms with van der Waals surface area (Å²) in [6.45, 7) is 2.24. The van der Waals surface area contributed by atoms with E-state index >= 15 is 0 Å². The van der Waals surface area contributed by atoms with E-state index in [1.165, 1.54) is 4.68 Å². The fourth-order valence-corrected chi connectivity index (χ4v) is 5.94. The summed E-state index contributed by atoms with van der Waals surface area (Å²) in [5.41, 5.74) is -0.0965. The van der Waals surface area contributed by atoms with Crippen LogP contribution in [0, 0.1) is 5.92 Å². The lowest BCUT2D eigenvalue weighted by Gasteiger charge is -2.35. The maximum absolute atomic E-state index is 14.0. The maximum Gasteiger partial charge on any atom is 0.435 e. The van der Waals surface area contributed by atoms with Gasteiger partial charge in [-0.2, -0.15) is 18.3 Å². The van der Waals surface area contributed by atoms with Gasteiger partial charge in [0.2, 0.25) is 5.91 Å². The predicted octanol–water partition coefficient (Wildman–Crippen LogP) is 6.95. The number of likely N-dealkylation sites (tertiary alicyclic amines) is 1. The number of carbonyl (C=O) groups excluding carboxylic acids is 1. The fraction of sp³-hybridized carbons (Fsp3) is 0.348. The number of amides is 1. The summed E-state index contributed by atoms with van der Waals surface area (Å²) in [6, 6.07) is 8.74. The van der Waals surface area contributed by atoms with Crippen molar-refractivity contribution >= 4 is 52.0 Å². The third kappa shape index (κ3) is 4.03. The molecule has 178 valence electrons. The van der Waals surface area contributed by atoms with E-state index in [0.717, 1.165) is 23.8 Å². The van der Waals surface area contributed by atoms with E-state index in [9.17, 15) is 18.0 Å². The first-order valence-corrected chi connectivity index (χ1v) is 12.3. The molecule has 2 aliphatic heterocycles. The number of fused-ring (bicyclic) bond motifs is 1. The highest BCUT2D eigenvalue weighted by atomic mass is 35.5. The number of nitrogens with zero attached hydrogens (tertiary/aromatic N) is 4.